The van der Waals surface area contributed by atoms with Gasteiger partial charge in [0.1, 0.15) is 11.4 Å². The van der Waals surface area contributed by atoms with Crippen LogP contribution in [0.3, 0.4) is 0 Å². The fraction of sp³-hybridized carbons (Fsp3) is 0.304. The zero-order chi connectivity index (χ0) is 19.5. The molecule has 0 aromatic heterocycles. The molecule has 2 heterocycles. The molecule has 2 aromatic carbocycles. The van der Waals surface area contributed by atoms with E-state index in [4.69, 9.17) is 4.74 Å². The first-order valence-corrected chi connectivity index (χ1v) is 9.87. The van der Waals surface area contributed by atoms with Crippen LogP contribution in [-0.2, 0) is 9.59 Å². The second-order valence-corrected chi connectivity index (χ2v) is 7.01. The number of para-hydroxylation sites is 1. The molecule has 0 aliphatic carbocycles. The second-order valence-electron chi connectivity index (χ2n) is 7.01. The lowest BCUT2D eigenvalue weighted by Crippen LogP contribution is -2.37. The number of carbonyl (C=O) groups excluding carboxylic acids is 2. The van der Waals surface area contributed by atoms with Gasteiger partial charge in [0.05, 0.1) is 17.9 Å². The summed E-state index contributed by atoms with van der Waals surface area (Å²) in [6.07, 6.45) is 3.23. The number of anilines is 1. The molecule has 28 heavy (non-hydrogen) atoms. The number of benzene rings is 2. The molecule has 0 saturated carbocycles. The number of amides is 2. The molecule has 144 valence electrons. The van der Waals surface area contributed by atoms with Crippen LogP contribution >= 0.6 is 0 Å². The van der Waals surface area contributed by atoms with Crippen molar-refractivity contribution in [1.82, 2.24) is 4.90 Å². The number of hydrogen-bond acceptors (Lipinski definition) is 4. The fourth-order valence-electron chi connectivity index (χ4n) is 3.89. The minimum atomic E-state index is -0.263. The monoisotopic (exact) mass is 376 g/mol. The van der Waals surface area contributed by atoms with Crippen LogP contribution in [0.2, 0.25) is 0 Å². The van der Waals surface area contributed by atoms with Crippen molar-refractivity contribution in [3.8, 4) is 5.75 Å². The van der Waals surface area contributed by atoms with E-state index in [1.165, 1.54) is 4.90 Å². The van der Waals surface area contributed by atoms with Gasteiger partial charge in [-0.15, -0.1) is 0 Å². The van der Waals surface area contributed by atoms with Gasteiger partial charge in [0, 0.05) is 13.1 Å². The maximum Gasteiger partial charge on any atom is 0.282 e. The van der Waals surface area contributed by atoms with Crippen LogP contribution in [0.1, 0.15) is 31.7 Å². The SMILES string of the molecule is CCOc1ccc(C2=C(N3CCCCC3)C(=O)N(c3ccccc3)C2=O)cc1. The Bertz CT molecular complexity index is 897. The molecule has 0 radical (unpaired) electrons. The summed E-state index contributed by atoms with van der Waals surface area (Å²) in [6, 6.07) is 16.6. The highest BCUT2D eigenvalue weighted by Gasteiger charge is 2.42. The van der Waals surface area contributed by atoms with Crippen LogP contribution in [0.25, 0.3) is 5.57 Å². The normalized spacial score (nSPS) is 17.5. The summed E-state index contributed by atoms with van der Waals surface area (Å²) in [5.41, 5.74) is 2.37. The molecule has 0 unspecified atom stereocenters. The molecule has 0 spiro atoms. The highest BCUT2D eigenvalue weighted by molar-refractivity contribution is 6.45. The van der Waals surface area contributed by atoms with Crippen molar-refractivity contribution in [2.45, 2.75) is 26.2 Å². The summed E-state index contributed by atoms with van der Waals surface area (Å²) in [5, 5.41) is 0. The molecule has 1 saturated heterocycles. The van der Waals surface area contributed by atoms with Crippen LogP contribution in [-0.4, -0.2) is 36.4 Å². The lowest BCUT2D eigenvalue weighted by molar-refractivity contribution is -0.120. The van der Waals surface area contributed by atoms with E-state index in [1.807, 2.05) is 49.4 Å². The quantitative estimate of drug-likeness (QED) is 0.744. The van der Waals surface area contributed by atoms with Gasteiger partial charge in [-0.1, -0.05) is 30.3 Å². The highest BCUT2D eigenvalue weighted by atomic mass is 16.5. The minimum Gasteiger partial charge on any atom is -0.494 e. The topological polar surface area (TPSA) is 49.9 Å². The van der Waals surface area contributed by atoms with E-state index in [0.29, 0.717) is 23.6 Å². The van der Waals surface area contributed by atoms with Crippen molar-refractivity contribution in [2.24, 2.45) is 0 Å². The average Bonchev–Trinajstić information content (AvgIpc) is 3.00. The van der Waals surface area contributed by atoms with Gasteiger partial charge in [-0.2, -0.15) is 0 Å². The van der Waals surface area contributed by atoms with E-state index in [0.717, 1.165) is 43.7 Å². The second kappa shape index (κ2) is 7.89. The molecule has 2 aliphatic heterocycles. The molecule has 0 N–H and O–H groups in total. The van der Waals surface area contributed by atoms with Gasteiger partial charge < -0.3 is 9.64 Å². The van der Waals surface area contributed by atoms with Crippen LogP contribution in [0, 0.1) is 0 Å². The Balaban J connectivity index is 1.78. The average molecular weight is 376 g/mol. The summed E-state index contributed by atoms with van der Waals surface area (Å²) < 4.78 is 5.52. The van der Waals surface area contributed by atoms with Crippen LogP contribution in [0.15, 0.2) is 60.3 Å². The number of nitrogens with zero attached hydrogens (tertiary/aromatic N) is 2. The van der Waals surface area contributed by atoms with E-state index in [2.05, 4.69) is 4.90 Å². The van der Waals surface area contributed by atoms with E-state index in [-0.39, 0.29) is 11.8 Å². The fourth-order valence-corrected chi connectivity index (χ4v) is 3.89. The smallest absolute Gasteiger partial charge is 0.282 e. The summed E-state index contributed by atoms with van der Waals surface area (Å²) >= 11 is 0. The number of piperidine rings is 1. The molecule has 2 amide bonds. The lowest BCUT2D eigenvalue weighted by atomic mass is 10.0. The van der Waals surface area contributed by atoms with Gasteiger partial charge in [0.25, 0.3) is 11.8 Å². The summed E-state index contributed by atoms with van der Waals surface area (Å²) in [5.74, 6) is 0.256. The predicted molar refractivity (Wildman–Crippen MR) is 109 cm³/mol. The Kier molecular flexibility index (Phi) is 5.15. The Morgan fingerprint density at radius 1 is 0.857 bits per heavy atom. The Morgan fingerprint density at radius 2 is 1.54 bits per heavy atom. The lowest BCUT2D eigenvalue weighted by Gasteiger charge is -2.29. The van der Waals surface area contributed by atoms with Crippen molar-refractivity contribution >= 4 is 23.1 Å². The van der Waals surface area contributed by atoms with E-state index in [1.54, 1.807) is 12.1 Å². The minimum absolute atomic E-state index is 0.234. The molecule has 1 fully saturated rings. The molecule has 4 rings (SSSR count). The summed E-state index contributed by atoms with van der Waals surface area (Å²) in [4.78, 5) is 30.1. The van der Waals surface area contributed by atoms with Gasteiger partial charge >= 0.3 is 0 Å². The van der Waals surface area contributed by atoms with Crippen molar-refractivity contribution < 1.29 is 14.3 Å². The van der Waals surface area contributed by atoms with E-state index in [9.17, 15) is 9.59 Å². The van der Waals surface area contributed by atoms with Crippen molar-refractivity contribution in [3.05, 3.63) is 65.9 Å². The van der Waals surface area contributed by atoms with E-state index < -0.39 is 0 Å². The first kappa shape index (κ1) is 18.3. The molecule has 5 nitrogen and oxygen atoms in total. The number of likely N-dealkylation sites (tertiary alicyclic amines) is 1. The molecule has 0 bridgehead atoms. The van der Waals surface area contributed by atoms with Crippen LogP contribution in [0.4, 0.5) is 5.69 Å². The zero-order valence-corrected chi connectivity index (χ0v) is 16.1. The maximum atomic E-state index is 13.4. The maximum absolute atomic E-state index is 13.4. The number of carbonyl (C=O) groups is 2. The number of ether oxygens (including phenoxy) is 1. The van der Waals surface area contributed by atoms with Crippen LogP contribution in [0.5, 0.6) is 5.75 Å². The zero-order valence-electron chi connectivity index (χ0n) is 16.1. The van der Waals surface area contributed by atoms with Crippen LogP contribution < -0.4 is 9.64 Å². The number of hydrogen-bond donors (Lipinski definition) is 0. The van der Waals surface area contributed by atoms with Crippen molar-refractivity contribution in [2.75, 3.05) is 24.6 Å². The Morgan fingerprint density at radius 3 is 2.18 bits per heavy atom. The van der Waals surface area contributed by atoms with Gasteiger partial charge in [-0.3, -0.25) is 9.59 Å². The molecular weight excluding hydrogens is 352 g/mol. The third-order valence-corrected chi connectivity index (χ3v) is 5.20. The number of imide groups is 1. The largest absolute Gasteiger partial charge is 0.494 e. The summed E-state index contributed by atoms with van der Waals surface area (Å²) in [7, 11) is 0. The number of rotatable bonds is 5. The molecule has 5 heteroatoms. The Labute approximate surface area is 165 Å². The van der Waals surface area contributed by atoms with Gasteiger partial charge in [0.2, 0.25) is 0 Å². The Hall–Kier alpha value is -3.08. The first-order chi connectivity index (χ1) is 13.7. The molecule has 2 aliphatic rings. The highest BCUT2D eigenvalue weighted by Crippen LogP contribution is 2.36. The first-order valence-electron chi connectivity index (χ1n) is 9.87. The molecular formula is C23H24N2O3. The third kappa shape index (κ3) is 3.28. The predicted octanol–water partition coefficient (Wildman–Crippen LogP) is 3.86. The molecule has 2 aromatic rings. The molecule has 0 atom stereocenters. The third-order valence-electron chi connectivity index (χ3n) is 5.20. The van der Waals surface area contributed by atoms with E-state index >= 15 is 0 Å². The standard InChI is InChI=1S/C23H24N2O3/c1-2-28-19-13-11-17(12-14-19)20-21(24-15-7-4-8-16-24)23(27)25(22(20)26)18-9-5-3-6-10-18/h3,5-6,9-14H,2,4,7-8,15-16H2,1H3. The van der Waals surface area contributed by atoms with Gasteiger partial charge in [-0.05, 0) is 56.0 Å². The summed E-state index contributed by atoms with van der Waals surface area (Å²) in [6.45, 7) is 4.12. The van der Waals surface area contributed by atoms with Crippen molar-refractivity contribution in [3.63, 3.8) is 0 Å². The van der Waals surface area contributed by atoms with Gasteiger partial charge in [-0.25, -0.2) is 4.90 Å². The van der Waals surface area contributed by atoms with Crippen molar-refractivity contribution in [1.29, 1.82) is 0 Å². The van der Waals surface area contributed by atoms with Gasteiger partial charge in [0.15, 0.2) is 0 Å².